The molecule has 0 fully saturated rings. The van der Waals surface area contributed by atoms with E-state index in [1.165, 1.54) is 0 Å². The maximum Gasteiger partial charge on any atom is 0.145 e. The van der Waals surface area contributed by atoms with Gasteiger partial charge >= 0.3 is 0 Å². The molecular weight excluding hydrogens is 789 g/mol. The minimum Gasteiger partial charge on any atom is -0.455 e. The summed E-state index contributed by atoms with van der Waals surface area (Å²) in [7, 11) is 0. The van der Waals surface area contributed by atoms with E-state index in [-0.39, 0.29) is 4.90 Å². The predicted molar refractivity (Wildman–Crippen MR) is 274 cm³/mol. The molecule has 0 aliphatic rings. The number of benzene rings is 11. The molecule has 65 heavy (non-hydrogen) atoms. The summed E-state index contributed by atoms with van der Waals surface area (Å²) in [5, 5.41) is -6.19. The molecular formula is C62H40N2O. The van der Waals surface area contributed by atoms with Crippen molar-refractivity contribution in [2.75, 3.05) is 4.90 Å². The number of para-hydroxylation sites is 4. The first kappa shape index (κ1) is 14.7. The summed E-state index contributed by atoms with van der Waals surface area (Å²) < 4.78 is 377. The zero-order valence-corrected chi connectivity index (χ0v) is 32.3. The first-order chi connectivity index (χ1) is 48.9. The monoisotopic (exact) mass is 869 g/mol. The maximum absolute atomic E-state index is 10.4. The Morgan fingerprint density at radius 2 is 0.923 bits per heavy atom. The number of hydrogen-bond acceptors (Lipinski definition) is 2. The van der Waals surface area contributed by atoms with Crippen LogP contribution in [-0.4, -0.2) is 4.57 Å². The minimum absolute atomic E-state index is 0.253. The minimum atomic E-state index is -1.48. The average Bonchev–Trinajstić information content (AvgIpc) is 1.61. The van der Waals surface area contributed by atoms with E-state index < -0.39 is 363 Å². The van der Waals surface area contributed by atoms with Gasteiger partial charge in [0.2, 0.25) is 0 Å². The van der Waals surface area contributed by atoms with E-state index in [0.717, 1.165) is 0 Å². The molecule has 13 rings (SSSR count). The van der Waals surface area contributed by atoms with Crippen molar-refractivity contribution in [3.63, 3.8) is 0 Å². The second-order valence-corrected chi connectivity index (χ2v) is 13.8. The number of rotatable bonds is 7. The van der Waals surface area contributed by atoms with Gasteiger partial charge in [-0.25, -0.2) is 0 Å². The highest BCUT2D eigenvalue weighted by Gasteiger charge is 2.24. The molecule has 0 N–H and O–H groups in total. The molecule has 3 nitrogen and oxygen atoms in total. The van der Waals surface area contributed by atoms with Gasteiger partial charge in [-0.1, -0.05) is 175 Å². The van der Waals surface area contributed by atoms with Crippen LogP contribution in [0.4, 0.5) is 17.1 Å². The topological polar surface area (TPSA) is 21.3 Å². The van der Waals surface area contributed by atoms with Gasteiger partial charge in [-0.2, -0.15) is 0 Å². The van der Waals surface area contributed by atoms with Crippen LogP contribution in [0.15, 0.2) is 246 Å². The Morgan fingerprint density at radius 1 is 0.369 bits per heavy atom. The fourth-order valence-corrected chi connectivity index (χ4v) is 7.43. The summed E-state index contributed by atoms with van der Waals surface area (Å²) in [6.45, 7) is 0. The number of anilines is 3. The lowest BCUT2D eigenvalue weighted by Crippen LogP contribution is -2.10. The Balaban J connectivity index is 1.28. The van der Waals surface area contributed by atoms with Crippen LogP contribution in [0, 0.1) is 0 Å². The summed E-state index contributed by atoms with van der Waals surface area (Å²) in [6.07, 6.45) is 0. The summed E-state index contributed by atoms with van der Waals surface area (Å²) >= 11 is 0. The summed E-state index contributed by atoms with van der Waals surface area (Å²) in [4.78, 5) is 0.253. The molecule has 0 spiro atoms. The predicted octanol–water partition coefficient (Wildman–Crippen LogP) is 17.5. The van der Waals surface area contributed by atoms with Crippen molar-refractivity contribution in [3.8, 4) is 39.1 Å². The Labute approximate surface area is 432 Å². The highest BCUT2D eigenvalue weighted by atomic mass is 16.3. The maximum atomic E-state index is 10.4. The number of hydrogen-bond donors (Lipinski definition) is 0. The van der Waals surface area contributed by atoms with Crippen molar-refractivity contribution in [2.45, 2.75) is 0 Å². The molecule has 13 aromatic rings. The SMILES string of the molecule is [2H]c1c([2H])c([2H])c(-n2c3c([2H])c([2H])c([2H])c([2H])c3c3c([2H])c([2H])c([2H])c([2H])c32)c(-c2c([2H])c([2H])c(N(c3c([2H])c([2H])c(-c4c([2H])c([2H])c5c([2H])c([2H])c([2H])c([2H])c5c4[2H])c([2H])c3[2H])c3c([2H])c([2H])c(-c4c([2H])c([2H])c([2H])c5c([2H])c([2H])c([2H])c([2H])c45)c([2H])c3[2H])c3c2oc2c([2H])c([2H])c([2H])c([2H])c23)c1[2H]. The summed E-state index contributed by atoms with van der Waals surface area (Å²) in [5.41, 5.74) is -14.8. The van der Waals surface area contributed by atoms with Crippen LogP contribution in [0.5, 0.6) is 0 Å². The highest BCUT2D eigenvalue weighted by Crippen LogP contribution is 2.48. The smallest absolute Gasteiger partial charge is 0.145 e. The quantitative estimate of drug-likeness (QED) is 0.159. The van der Waals surface area contributed by atoms with E-state index in [4.69, 9.17) is 31.8 Å². The van der Waals surface area contributed by atoms with E-state index in [0.29, 0.717) is 4.57 Å². The van der Waals surface area contributed by atoms with Crippen LogP contribution in [0.25, 0.3) is 104 Å². The van der Waals surface area contributed by atoms with Crippen LogP contribution >= 0.6 is 0 Å². The second-order valence-electron chi connectivity index (χ2n) is 13.8. The number of fused-ring (bicyclic) bond motifs is 8. The van der Waals surface area contributed by atoms with Crippen LogP contribution in [0.1, 0.15) is 54.8 Å². The summed E-state index contributed by atoms with van der Waals surface area (Å²) in [5.74, 6) is 0. The van der Waals surface area contributed by atoms with Gasteiger partial charge in [-0.3, -0.25) is 0 Å². The van der Waals surface area contributed by atoms with Crippen LogP contribution in [0.3, 0.4) is 0 Å². The molecule has 0 atom stereocenters. The van der Waals surface area contributed by atoms with E-state index in [1.54, 1.807) is 0 Å². The van der Waals surface area contributed by atoms with Crippen molar-refractivity contribution >= 4 is 82.4 Å². The van der Waals surface area contributed by atoms with Gasteiger partial charge in [0.15, 0.2) is 0 Å². The Bertz CT molecular complexity index is 6210. The van der Waals surface area contributed by atoms with E-state index in [2.05, 4.69) is 0 Å². The van der Waals surface area contributed by atoms with Gasteiger partial charge in [0, 0.05) is 38.7 Å². The number of furan rings is 1. The Kier molecular flexibility index (Phi) is 3.39. The van der Waals surface area contributed by atoms with Gasteiger partial charge in [-0.05, 0) is 110 Å². The Morgan fingerprint density at radius 3 is 1.68 bits per heavy atom. The summed E-state index contributed by atoms with van der Waals surface area (Å²) in [6, 6.07) is -45.2. The van der Waals surface area contributed by atoms with Gasteiger partial charge in [-0.15, -0.1) is 0 Å². The van der Waals surface area contributed by atoms with Gasteiger partial charge in [0.1, 0.15) is 11.2 Å². The van der Waals surface area contributed by atoms with Crippen LogP contribution < -0.4 is 4.90 Å². The first-order valence-corrected chi connectivity index (χ1v) is 19.0. The molecule has 0 unspecified atom stereocenters. The molecule has 2 aromatic heterocycles. The van der Waals surface area contributed by atoms with Crippen molar-refractivity contribution in [3.05, 3.63) is 242 Å². The molecule has 304 valence electrons. The number of nitrogens with zero attached hydrogens (tertiary/aromatic N) is 2. The standard InChI is InChI=1S/C62H40N2O/c1-2-16-45-40-46(29-28-41(45)14-1)42-30-34-47(35-31-42)63(48-36-32-44(33-37-48)50-23-13-17-43-15-3-4-18-49(43)50)59-39-38-54(62-61(59)55-22-8-12-27-60(55)65-62)53-21-7-11-26-58(53)64-56-24-9-5-19-51(56)52-20-6-10-25-57(52)64/h1-40H/i1D,2D,3D,4D,5D,6D,7D,8D,9D,10D,11D,12D,13D,14D,15D,16D,17D,18D,19D,20D,21D,22D,23D,24D,25D,26D,27D,28D,29D,30D,31D,32D,33D,34D,35D,36D,37D,38D,39D,40D. The second kappa shape index (κ2) is 15.0. The van der Waals surface area contributed by atoms with Gasteiger partial charge in [0.05, 0.1) is 82.6 Å². The molecule has 3 heteroatoms. The molecule has 11 aromatic carbocycles. The first-order valence-electron chi connectivity index (χ1n) is 39.0. The molecule has 2 heterocycles. The molecule has 0 saturated carbocycles. The average molecular weight is 869 g/mol. The van der Waals surface area contributed by atoms with Crippen molar-refractivity contribution in [1.82, 2.24) is 4.57 Å². The third-order valence-corrected chi connectivity index (χ3v) is 10.2. The van der Waals surface area contributed by atoms with Gasteiger partial charge in [0.25, 0.3) is 0 Å². The number of aromatic nitrogens is 1. The van der Waals surface area contributed by atoms with Gasteiger partial charge < -0.3 is 13.9 Å². The van der Waals surface area contributed by atoms with E-state index in [1.807, 2.05) is 0 Å². The fourth-order valence-electron chi connectivity index (χ4n) is 7.43. The molecule has 0 aliphatic heterocycles. The van der Waals surface area contributed by atoms with E-state index >= 15 is 0 Å². The molecule has 0 aliphatic carbocycles. The largest absolute Gasteiger partial charge is 0.455 e. The Hall–Kier alpha value is -8.66. The lowest BCUT2D eigenvalue weighted by atomic mass is 9.97. The molecule has 0 bridgehead atoms. The highest BCUT2D eigenvalue weighted by molar-refractivity contribution is 6.18. The zero-order chi connectivity index (χ0) is 77.7. The van der Waals surface area contributed by atoms with E-state index in [9.17, 15) is 27.4 Å². The fraction of sp³-hybridized carbons (Fsp3) is 0. The third kappa shape index (κ3) is 6.05. The zero-order valence-electron chi connectivity index (χ0n) is 72.3. The molecule has 0 saturated heterocycles. The lowest BCUT2D eigenvalue weighted by Gasteiger charge is -2.27. The van der Waals surface area contributed by atoms with Crippen molar-refractivity contribution in [2.24, 2.45) is 0 Å². The normalized spacial score (nSPS) is 20.3. The van der Waals surface area contributed by atoms with Crippen LogP contribution in [0.2, 0.25) is 0 Å². The van der Waals surface area contributed by atoms with Crippen LogP contribution in [-0.2, 0) is 0 Å². The third-order valence-electron chi connectivity index (χ3n) is 10.2. The molecule has 0 radical (unpaired) electrons. The van der Waals surface area contributed by atoms with Crippen molar-refractivity contribution in [1.29, 1.82) is 0 Å². The molecule has 0 amide bonds. The van der Waals surface area contributed by atoms with Crippen molar-refractivity contribution < 1.29 is 59.2 Å². The lowest BCUT2D eigenvalue weighted by molar-refractivity contribution is 0.670.